The molecule has 1 atom stereocenters. The van der Waals surface area contributed by atoms with Crippen LogP contribution in [0.3, 0.4) is 0 Å². The highest BCUT2D eigenvalue weighted by Crippen LogP contribution is 2.09. The van der Waals surface area contributed by atoms with E-state index in [2.05, 4.69) is 35.1 Å². The first-order valence-electron chi connectivity index (χ1n) is 12.7. The summed E-state index contributed by atoms with van der Waals surface area (Å²) in [5, 5.41) is 13.3. The lowest BCUT2D eigenvalue weighted by Crippen LogP contribution is -2.58. The van der Waals surface area contributed by atoms with Gasteiger partial charge in [-0.15, -0.1) is 0 Å². The van der Waals surface area contributed by atoms with Crippen molar-refractivity contribution in [2.24, 2.45) is 5.73 Å². The minimum absolute atomic E-state index is 0.00728. The number of ether oxygens (including phenoxy) is 2. The average Bonchev–Trinajstić information content (AvgIpc) is 2.82. The molecule has 198 valence electrons. The third-order valence-corrected chi connectivity index (χ3v) is 5.85. The van der Waals surface area contributed by atoms with Gasteiger partial charge in [0.2, 0.25) is 0 Å². The van der Waals surface area contributed by atoms with Crippen molar-refractivity contribution < 1.29 is 14.3 Å². The number of hydrogen-bond donors (Lipinski definition) is 5. The quantitative estimate of drug-likeness (QED) is 0.100. The second-order valence-electron chi connectivity index (χ2n) is 9.99. The number of benzene rings is 1. The van der Waals surface area contributed by atoms with E-state index in [4.69, 9.17) is 23.1 Å². The first-order valence-corrected chi connectivity index (χ1v) is 12.7. The van der Waals surface area contributed by atoms with E-state index in [1.807, 2.05) is 45.2 Å². The van der Waals surface area contributed by atoms with Crippen molar-refractivity contribution in [1.29, 1.82) is 0 Å². The Labute approximate surface area is 214 Å². The van der Waals surface area contributed by atoms with Gasteiger partial charge in [-0.05, 0) is 66.1 Å². The van der Waals surface area contributed by atoms with Crippen LogP contribution in [0.1, 0.15) is 58.1 Å². The molecule has 0 aromatic heterocycles. The largest absolute Gasteiger partial charge is 0.378 e. The van der Waals surface area contributed by atoms with Crippen LogP contribution in [0.15, 0.2) is 24.3 Å². The Morgan fingerprint density at radius 1 is 0.971 bits per heavy atom. The number of unbranched alkanes of at least 4 members (excludes halogenated alkanes) is 1. The Morgan fingerprint density at radius 2 is 1.63 bits per heavy atom. The van der Waals surface area contributed by atoms with Gasteiger partial charge in [0.25, 0.3) is 0 Å². The number of hydrogen-bond acceptors (Lipinski definition) is 8. The first kappa shape index (κ1) is 31.7. The van der Waals surface area contributed by atoms with E-state index >= 15 is 0 Å². The summed E-state index contributed by atoms with van der Waals surface area (Å²) in [7, 11) is 7.60. The van der Waals surface area contributed by atoms with Crippen molar-refractivity contribution in [3.63, 3.8) is 0 Å². The summed E-state index contributed by atoms with van der Waals surface area (Å²) < 4.78 is 11.2. The summed E-state index contributed by atoms with van der Waals surface area (Å²) in [5.41, 5.74) is 7.43. The summed E-state index contributed by atoms with van der Waals surface area (Å²) in [4.78, 5) is 12.5. The third kappa shape index (κ3) is 14.7. The van der Waals surface area contributed by atoms with Crippen molar-refractivity contribution in [2.45, 2.75) is 77.2 Å². The van der Waals surface area contributed by atoms with Crippen molar-refractivity contribution in [2.75, 3.05) is 46.6 Å². The van der Waals surface area contributed by atoms with Gasteiger partial charge in [-0.1, -0.05) is 36.1 Å². The summed E-state index contributed by atoms with van der Waals surface area (Å²) in [6.07, 6.45) is 3.63. The Balaban J connectivity index is 2.12. The Kier molecular flexibility index (Phi) is 15.6. The van der Waals surface area contributed by atoms with Crippen LogP contribution < -0.4 is 27.0 Å². The van der Waals surface area contributed by atoms with Crippen LogP contribution in [0, 0.1) is 0 Å². The SMILES string of the molecule is [B]Cc1ccc(CNC(C)(C)C(=O)COCCOCCNC(C)(C)NC(N)CCCCNC)cc1. The Bertz CT molecular complexity index is 701. The molecule has 6 N–H and O–H groups in total. The number of carbonyl (C=O) groups excluding carboxylic acids is 1. The molecule has 1 rings (SSSR count). The predicted molar refractivity (Wildman–Crippen MR) is 144 cm³/mol. The molecule has 0 bridgehead atoms. The van der Waals surface area contributed by atoms with Crippen LogP contribution in [0.25, 0.3) is 0 Å². The molecule has 0 aliphatic rings. The maximum atomic E-state index is 12.5. The van der Waals surface area contributed by atoms with Gasteiger partial charge in [-0.25, -0.2) is 0 Å². The molecule has 0 saturated heterocycles. The summed E-state index contributed by atoms with van der Waals surface area (Å²) in [5.74, 6) is 0.00728. The zero-order valence-electron chi connectivity index (χ0n) is 22.5. The van der Waals surface area contributed by atoms with E-state index in [0.29, 0.717) is 39.2 Å². The Morgan fingerprint density at radius 3 is 2.29 bits per heavy atom. The normalized spacial score (nSPS) is 13.2. The lowest BCUT2D eigenvalue weighted by molar-refractivity contribution is -0.129. The van der Waals surface area contributed by atoms with Crippen LogP contribution >= 0.6 is 0 Å². The van der Waals surface area contributed by atoms with E-state index in [1.54, 1.807) is 0 Å². The summed E-state index contributed by atoms with van der Waals surface area (Å²) in [6, 6.07) is 8.06. The van der Waals surface area contributed by atoms with Crippen LogP contribution in [0.2, 0.25) is 0 Å². The van der Waals surface area contributed by atoms with E-state index in [9.17, 15) is 4.79 Å². The molecule has 0 fully saturated rings. The van der Waals surface area contributed by atoms with Crippen molar-refractivity contribution in [1.82, 2.24) is 21.3 Å². The van der Waals surface area contributed by atoms with Gasteiger partial charge in [-0.2, -0.15) is 0 Å². The number of rotatable bonds is 21. The van der Waals surface area contributed by atoms with Crippen LogP contribution in [-0.2, 0) is 27.1 Å². The van der Waals surface area contributed by atoms with Gasteiger partial charge >= 0.3 is 0 Å². The number of ketones is 1. The van der Waals surface area contributed by atoms with Gasteiger partial charge in [0, 0.05) is 13.1 Å². The maximum absolute atomic E-state index is 12.5. The highest BCUT2D eigenvalue weighted by Gasteiger charge is 2.26. The molecule has 9 heteroatoms. The highest BCUT2D eigenvalue weighted by molar-refractivity contribution is 6.08. The summed E-state index contributed by atoms with van der Waals surface area (Å²) in [6.45, 7) is 11.6. The smallest absolute Gasteiger partial charge is 0.177 e. The van der Waals surface area contributed by atoms with Crippen molar-refractivity contribution >= 4 is 13.6 Å². The van der Waals surface area contributed by atoms with E-state index in [-0.39, 0.29) is 24.2 Å². The van der Waals surface area contributed by atoms with Crippen molar-refractivity contribution in [3.05, 3.63) is 35.4 Å². The minimum Gasteiger partial charge on any atom is -0.378 e. The van der Waals surface area contributed by atoms with Crippen LogP contribution in [-0.4, -0.2) is 77.6 Å². The first-order chi connectivity index (χ1) is 16.6. The van der Waals surface area contributed by atoms with E-state index < -0.39 is 5.54 Å². The molecule has 0 amide bonds. The fourth-order valence-electron chi connectivity index (χ4n) is 3.47. The predicted octanol–water partition coefficient (Wildman–Crippen LogP) is 1.42. The van der Waals surface area contributed by atoms with Gasteiger partial charge < -0.3 is 25.8 Å². The monoisotopic (exact) mass is 489 g/mol. The third-order valence-electron chi connectivity index (χ3n) is 5.85. The molecule has 8 nitrogen and oxygen atoms in total. The molecular formula is C26H48BN5O3. The number of nitrogens with one attached hydrogen (secondary N) is 4. The lowest BCUT2D eigenvalue weighted by atomic mass is 9.96. The highest BCUT2D eigenvalue weighted by atomic mass is 16.5. The van der Waals surface area contributed by atoms with Crippen LogP contribution in [0.5, 0.6) is 0 Å². The van der Waals surface area contributed by atoms with E-state index in [0.717, 1.165) is 36.9 Å². The van der Waals surface area contributed by atoms with Gasteiger partial charge in [0.15, 0.2) is 5.78 Å². The molecule has 0 aliphatic carbocycles. The molecular weight excluding hydrogens is 441 g/mol. The molecule has 1 unspecified atom stereocenters. The Hall–Kier alpha value is -1.33. The van der Waals surface area contributed by atoms with Gasteiger partial charge in [0.1, 0.15) is 6.61 Å². The lowest BCUT2D eigenvalue weighted by Gasteiger charge is -2.31. The molecule has 1 aromatic carbocycles. The second kappa shape index (κ2) is 17.2. The molecule has 35 heavy (non-hydrogen) atoms. The molecule has 0 aliphatic heterocycles. The fraction of sp³-hybridized carbons (Fsp3) is 0.731. The molecule has 2 radical (unpaired) electrons. The maximum Gasteiger partial charge on any atom is 0.177 e. The van der Waals surface area contributed by atoms with E-state index in [1.165, 1.54) is 0 Å². The number of nitrogens with two attached hydrogens (primary N) is 1. The molecule has 1 aromatic rings. The topological polar surface area (TPSA) is 110 Å². The average molecular weight is 490 g/mol. The number of carbonyl (C=O) groups is 1. The van der Waals surface area contributed by atoms with Gasteiger partial charge in [-0.3, -0.25) is 15.4 Å². The summed E-state index contributed by atoms with van der Waals surface area (Å²) >= 11 is 0. The van der Waals surface area contributed by atoms with Crippen molar-refractivity contribution in [3.8, 4) is 0 Å². The fourth-order valence-corrected chi connectivity index (χ4v) is 3.47. The molecule has 0 saturated carbocycles. The number of Topliss-reactive ketones (excluding diaryl/α,β-unsaturated/α-hetero) is 1. The van der Waals surface area contributed by atoms with Gasteiger partial charge in [0.05, 0.1) is 45.0 Å². The zero-order valence-corrected chi connectivity index (χ0v) is 22.5. The standard InChI is InChI=1S/C26H48BN5O3/c1-25(2,31-19-22-11-9-21(18-27)10-12-22)23(33)20-35-17-16-34-15-14-30-26(3,4)32-24(28)8-6-7-13-29-5/h9-12,24,29-32H,6-8,13-20,28H2,1-5H3. The second-order valence-corrected chi connectivity index (χ2v) is 9.99. The van der Waals surface area contributed by atoms with Crippen LogP contribution in [0.4, 0.5) is 0 Å². The molecule has 0 spiro atoms. The zero-order chi connectivity index (χ0) is 26.2. The molecule has 0 heterocycles. The minimum atomic E-state index is -0.677.